The van der Waals surface area contributed by atoms with Gasteiger partial charge in [-0.25, -0.2) is 4.98 Å². The average Bonchev–Trinajstić information content (AvgIpc) is 2.76. The predicted molar refractivity (Wildman–Crippen MR) is 60.9 cm³/mol. The van der Waals surface area contributed by atoms with E-state index in [2.05, 4.69) is 11.1 Å². The number of aromatic nitrogens is 2. The number of hydrogen-bond acceptors (Lipinski definition) is 3. The summed E-state index contributed by atoms with van der Waals surface area (Å²) in [7, 11) is 0. The van der Waals surface area contributed by atoms with Gasteiger partial charge in [0.1, 0.15) is 6.07 Å². The first-order valence-electron chi connectivity index (χ1n) is 4.99. The van der Waals surface area contributed by atoms with Gasteiger partial charge in [0.15, 0.2) is 0 Å². The lowest BCUT2D eigenvalue weighted by molar-refractivity contribution is 0.994. The van der Waals surface area contributed by atoms with Crippen LogP contribution in [0.1, 0.15) is 17.0 Å². The van der Waals surface area contributed by atoms with Crippen LogP contribution < -0.4 is 5.73 Å². The molecule has 2 N–H and O–H groups in total. The van der Waals surface area contributed by atoms with Gasteiger partial charge in [0, 0.05) is 18.9 Å². The van der Waals surface area contributed by atoms with Crippen molar-refractivity contribution in [1.29, 1.82) is 5.26 Å². The molecular formula is C12H12N4. The Kier molecular flexibility index (Phi) is 2.71. The molecular weight excluding hydrogens is 200 g/mol. The summed E-state index contributed by atoms with van der Waals surface area (Å²) in [5.41, 5.74) is 8.70. The molecule has 1 aromatic heterocycles. The van der Waals surface area contributed by atoms with Crippen molar-refractivity contribution in [2.24, 2.45) is 5.73 Å². The lowest BCUT2D eigenvalue weighted by atomic mass is 10.1. The number of imidazole rings is 1. The SMILES string of the molecule is Cc1cc(CN)ccc1-n1ccnc1C#N. The first kappa shape index (κ1) is 10.4. The summed E-state index contributed by atoms with van der Waals surface area (Å²) in [6.45, 7) is 2.52. The summed E-state index contributed by atoms with van der Waals surface area (Å²) in [6.07, 6.45) is 3.40. The topological polar surface area (TPSA) is 67.6 Å². The second-order valence-electron chi connectivity index (χ2n) is 3.56. The molecule has 0 spiro atoms. The smallest absolute Gasteiger partial charge is 0.217 e. The van der Waals surface area contributed by atoms with Crippen LogP contribution in [0.3, 0.4) is 0 Å². The molecule has 16 heavy (non-hydrogen) atoms. The van der Waals surface area contributed by atoms with Crippen LogP contribution in [0.15, 0.2) is 30.6 Å². The maximum absolute atomic E-state index is 8.91. The minimum atomic E-state index is 0.392. The van der Waals surface area contributed by atoms with Crippen LogP contribution in [-0.4, -0.2) is 9.55 Å². The Labute approximate surface area is 94.0 Å². The molecule has 0 aliphatic heterocycles. The lowest BCUT2D eigenvalue weighted by Gasteiger charge is -2.09. The minimum Gasteiger partial charge on any atom is -0.326 e. The number of hydrogen-bond donors (Lipinski definition) is 1. The maximum atomic E-state index is 8.91. The summed E-state index contributed by atoms with van der Waals surface area (Å²) in [6, 6.07) is 8.00. The van der Waals surface area contributed by atoms with Gasteiger partial charge in [0.05, 0.1) is 5.69 Å². The standard InChI is InChI=1S/C12H12N4/c1-9-6-10(7-13)2-3-11(9)16-5-4-15-12(16)8-14/h2-6H,7,13H2,1H3. The Bertz CT molecular complexity index is 548. The van der Waals surface area contributed by atoms with Crippen molar-refractivity contribution in [2.45, 2.75) is 13.5 Å². The van der Waals surface area contributed by atoms with E-state index < -0.39 is 0 Å². The molecule has 0 bridgehead atoms. The van der Waals surface area contributed by atoms with Gasteiger partial charge in [-0.2, -0.15) is 5.26 Å². The summed E-state index contributed by atoms with van der Waals surface area (Å²) >= 11 is 0. The highest BCUT2D eigenvalue weighted by atomic mass is 15.1. The molecule has 4 nitrogen and oxygen atoms in total. The zero-order valence-electron chi connectivity index (χ0n) is 9.01. The van der Waals surface area contributed by atoms with Gasteiger partial charge in [0.2, 0.25) is 5.82 Å². The predicted octanol–water partition coefficient (Wildman–Crippen LogP) is 1.51. The Morgan fingerprint density at radius 3 is 2.94 bits per heavy atom. The van der Waals surface area contributed by atoms with E-state index in [0.717, 1.165) is 16.8 Å². The third-order valence-electron chi connectivity index (χ3n) is 2.50. The average molecular weight is 212 g/mol. The normalized spacial score (nSPS) is 10.1. The van der Waals surface area contributed by atoms with Crippen LogP contribution in [0, 0.1) is 18.3 Å². The van der Waals surface area contributed by atoms with Crippen LogP contribution in [0.25, 0.3) is 5.69 Å². The van der Waals surface area contributed by atoms with Crippen molar-refractivity contribution in [3.63, 3.8) is 0 Å². The molecule has 0 saturated carbocycles. The van der Waals surface area contributed by atoms with Crippen molar-refractivity contribution >= 4 is 0 Å². The first-order chi connectivity index (χ1) is 7.76. The number of nitrogens with two attached hydrogens (primary N) is 1. The van der Waals surface area contributed by atoms with E-state index in [4.69, 9.17) is 11.0 Å². The zero-order valence-corrected chi connectivity index (χ0v) is 9.01. The first-order valence-corrected chi connectivity index (χ1v) is 4.99. The molecule has 0 atom stereocenters. The molecule has 4 heteroatoms. The number of benzene rings is 1. The highest BCUT2D eigenvalue weighted by molar-refractivity contribution is 5.45. The van der Waals surface area contributed by atoms with Crippen molar-refractivity contribution < 1.29 is 0 Å². The van der Waals surface area contributed by atoms with Gasteiger partial charge in [-0.3, -0.25) is 4.57 Å². The van der Waals surface area contributed by atoms with E-state index in [1.54, 1.807) is 17.0 Å². The summed E-state index contributed by atoms with van der Waals surface area (Å²) in [4.78, 5) is 3.97. The van der Waals surface area contributed by atoms with Crippen molar-refractivity contribution in [3.8, 4) is 11.8 Å². The van der Waals surface area contributed by atoms with E-state index in [0.29, 0.717) is 12.4 Å². The molecule has 0 aliphatic carbocycles. The Morgan fingerprint density at radius 2 is 2.31 bits per heavy atom. The molecule has 1 heterocycles. The third-order valence-corrected chi connectivity index (χ3v) is 2.50. The molecule has 80 valence electrons. The second-order valence-corrected chi connectivity index (χ2v) is 3.56. The highest BCUT2D eigenvalue weighted by Crippen LogP contribution is 2.17. The lowest BCUT2D eigenvalue weighted by Crippen LogP contribution is -2.02. The van der Waals surface area contributed by atoms with Crippen LogP contribution in [-0.2, 0) is 6.54 Å². The minimum absolute atomic E-state index is 0.392. The van der Waals surface area contributed by atoms with Crippen LogP contribution in [0.5, 0.6) is 0 Å². The summed E-state index contributed by atoms with van der Waals surface area (Å²) in [5, 5.41) is 8.91. The van der Waals surface area contributed by atoms with E-state index in [1.807, 2.05) is 25.1 Å². The maximum Gasteiger partial charge on any atom is 0.217 e. The van der Waals surface area contributed by atoms with Gasteiger partial charge in [-0.05, 0) is 24.1 Å². The molecule has 2 aromatic rings. The molecule has 0 fully saturated rings. The van der Waals surface area contributed by atoms with Crippen LogP contribution in [0.4, 0.5) is 0 Å². The monoisotopic (exact) mass is 212 g/mol. The number of rotatable bonds is 2. The van der Waals surface area contributed by atoms with Gasteiger partial charge >= 0.3 is 0 Å². The fourth-order valence-corrected chi connectivity index (χ4v) is 1.70. The fraction of sp³-hybridized carbons (Fsp3) is 0.167. The summed E-state index contributed by atoms with van der Waals surface area (Å²) < 4.78 is 1.77. The van der Waals surface area contributed by atoms with Gasteiger partial charge in [-0.15, -0.1) is 0 Å². The van der Waals surface area contributed by atoms with Crippen LogP contribution in [0.2, 0.25) is 0 Å². The van der Waals surface area contributed by atoms with Gasteiger partial charge in [0.25, 0.3) is 0 Å². The number of nitriles is 1. The Morgan fingerprint density at radius 1 is 1.50 bits per heavy atom. The van der Waals surface area contributed by atoms with E-state index >= 15 is 0 Å². The number of nitrogens with zero attached hydrogens (tertiary/aromatic N) is 3. The molecule has 0 amide bonds. The molecule has 0 radical (unpaired) electrons. The number of aryl methyl sites for hydroxylation is 1. The van der Waals surface area contributed by atoms with E-state index in [9.17, 15) is 0 Å². The molecule has 0 aliphatic rings. The Hall–Kier alpha value is -2.12. The van der Waals surface area contributed by atoms with Crippen molar-refractivity contribution in [3.05, 3.63) is 47.5 Å². The third kappa shape index (κ3) is 1.69. The second kappa shape index (κ2) is 4.17. The summed E-state index contributed by atoms with van der Waals surface area (Å²) in [5.74, 6) is 0.392. The van der Waals surface area contributed by atoms with Crippen LogP contribution >= 0.6 is 0 Å². The fourth-order valence-electron chi connectivity index (χ4n) is 1.70. The molecule has 0 unspecified atom stereocenters. The van der Waals surface area contributed by atoms with Crippen molar-refractivity contribution in [1.82, 2.24) is 9.55 Å². The molecule has 1 aromatic carbocycles. The quantitative estimate of drug-likeness (QED) is 0.820. The highest BCUT2D eigenvalue weighted by Gasteiger charge is 2.06. The Balaban J connectivity index is 2.53. The zero-order chi connectivity index (χ0) is 11.5. The largest absolute Gasteiger partial charge is 0.326 e. The van der Waals surface area contributed by atoms with E-state index in [-0.39, 0.29) is 0 Å². The van der Waals surface area contributed by atoms with Crippen molar-refractivity contribution in [2.75, 3.05) is 0 Å². The molecule has 0 saturated heterocycles. The molecule has 2 rings (SSSR count). The van der Waals surface area contributed by atoms with E-state index in [1.165, 1.54) is 0 Å². The van der Waals surface area contributed by atoms with Gasteiger partial charge < -0.3 is 5.73 Å². The van der Waals surface area contributed by atoms with Gasteiger partial charge in [-0.1, -0.05) is 12.1 Å².